The first-order chi connectivity index (χ1) is 8.37. The van der Waals surface area contributed by atoms with Crippen molar-refractivity contribution in [2.75, 3.05) is 19.6 Å². The van der Waals surface area contributed by atoms with Crippen LogP contribution in [0.25, 0.3) is 0 Å². The van der Waals surface area contributed by atoms with E-state index in [1.807, 2.05) is 25.7 Å². The van der Waals surface area contributed by atoms with Crippen LogP contribution < -0.4 is 0 Å². The molecule has 0 radical (unpaired) electrons. The molecule has 1 amide bonds. The molecule has 2 unspecified atom stereocenters. The minimum Gasteiger partial charge on any atom is -0.444 e. The highest BCUT2D eigenvalue weighted by atomic mass is 16.6. The Morgan fingerprint density at radius 1 is 1.22 bits per heavy atom. The van der Waals surface area contributed by atoms with E-state index < -0.39 is 5.60 Å². The lowest BCUT2D eigenvalue weighted by atomic mass is 9.94. The zero-order valence-corrected chi connectivity index (χ0v) is 12.1. The third kappa shape index (κ3) is 3.16. The Hall–Kier alpha value is -0.770. The molecule has 2 heterocycles. The molecule has 2 aliphatic rings. The molecule has 104 valence electrons. The molecule has 0 aliphatic carbocycles. The van der Waals surface area contributed by atoms with Gasteiger partial charge in [0.1, 0.15) is 5.60 Å². The number of piperazine rings is 1. The standard InChI is InChI=1S/C14H26N2O2/c1-11-6-5-7-12-10-15(8-9-16(11)12)13(17)18-14(2,3)4/h11-12H,5-10H2,1-4H3. The Bertz CT molecular complexity index is 311. The average molecular weight is 254 g/mol. The third-order valence-electron chi connectivity index (χ3n) is 3.91. The van der Waals surface area contributed by atoms with Crippen molar-refractivity contribution in [3.63, 3.8) is 0 Å². The van der Waals surface area contributed by atoms with Gasteiger partial charge in [0.25, 0.3) is 0 Å². The summed E-state index contributed by atoms with van der Waals surface area (Å²) in [7, 11) is 0. The van der Waals surface area contributed by atoms with Crippen molar-refractivity contribution >= 4 is 6.09 Å². The molecule has 0 N–H and O–H groups in total. The molecule has 4 nitrogen and oxygen atoms in total. The van der Waals surface area contributed by atoms with E-state index in [1.54, 1.807) is 0 Å². The van der Waals surface area contributed by atoms with E-state index in [0.717, 1.165) is 19.6 Å². The summed E-state index contributed by atoms with van der Waals surface area (Å²) < 4.78 is 5.45. The number of carbonyl (C=O) groups is 1. The molecular weight excluding hydrogens is 228 g/mol. The van der Waals surface area contributed by atoms with E-state index >= 15 is 0 Å². The van der Waals surface area contributed by atoms with Crippen LogP contribution in [0.15, 0.2) is 0 Å². The number of piperidine rings is 1. The fraction of sp³-hybridized carbons (Fsp3) is 0.929. The van der Waals surface area contributed by atoms with E-state index in [2.05, 4.69) is 11.8 Å². The van der Waals surface area contributed by atoms with Crippen molar-refractivity contribution < 1.29 is 9.53 Å². The first-order valence-corrected chi connectivity index (χ1v) is 7.10. The number of hydrogen-bond acceptors (Lipinski definition) is 3. The van der Waals surface area contributed by atoms with Crippen molar-refractivity contribution in [3.05, 3.63) is 0 Å². The third-order valence-corrected chi connectivity index (χ3v) is 3.91. The maximum atomic E-state index is 12.1. The molecule has 0 aromatic rings. The minimum atomic E-state index is -0.395. The molecule has 0 saturated carbocycles. The van der Waals surface area contributed by atoms with Crippen LogP contribution in [0.5, 0.6) is 0 Å². The minimum absolute atomic E-state index is 0.152. The van der Waals surface area contributed by atoms with E-state index in [-0.39, 0.29) is 6.09 Å². The van der Waals surface area contributed by atoms with Gasteiger partial charge in [0.15, 0.2) is 0 Å². The highest BCUT2D eigenvalue weighted by Gasteiger charge is 2.35. The summed E-state index contributed by atoms with van der Waals surface area (Å²) in [5.41, 5.74) is -0.395. The molecular formula is C14H26N2O2. The summed E-state index contributed by atoms with van der Waals surface area (Å²) >= 11 is 0. The van der Waals surface area contributed by atoms with Crippen LogP contribution in [0.1, 0.15) is 47.0 Å². The van der Waals surface area contributed by atoms with Crippen molar-refractivity contribution in [3.8, 4) is 0 Å². The lowest BCUT2D eigenvalue weighted by Gasteiger charge is -2.47. The van der Waals surface area contributed by atoms with Crippen LogP contribution in [0.3, 0.4) is 0 Å². The Labute approximate surface area is 110 Å². The predicted octanol–water partition coefficient (Wildman–Crippen LogP) is 2.48. The van der Waals surface area contributed by atoms with Crippen LogP contribution in [-0.2, 0) is 4.74 Å². The van der Waals surface area contributed by atoms with Gasteiger partial charge in [-0.25, -0.2) is 4.79 Å². The number of carbonyl (C=O) groups excluding carboxylic acids is 1. The zero-order chi connectivity index (χ0) is 13.3. The van der Waals surface area contributed by atoms with Crippen molar-refractivity contribution in [1.82, 2.24) is 9.80 Å². The van der Waals surface area contributed by atoms with Crippen LogP contribution in [-0.4, -0.2) is 53.2 Å². The lowest BCUT2D eigenvalue weighted by molar-refractivity contribution is -0.0140. The maximum Gasteiger partial charge on any atom is 0.410 e. The summed E-state index contributed by atoms with van der Waals surface area (Å²) in [4.78, 5) is 16.5. The first-order valence-electron chi connectivity index (χ1n) is 7.10. The highest BCUT2D eigenvalue weighted by molar-refractivity contribution is 5.68. The Kier molecular flexibility index (Phi) is 3.85. The quantitative estimate of drug-likeness (QED) is 0.666. The van der Waals surface area contributed by atoms with Gasteiger partial charge in [-0.15, -0.1) is 0 Å². The van der Waals surface area contributed by atoms with Crippen LogP contribution >= 0.6 is 0 Å². The molecule has 0 aromatic heterocycles. The Morgan fingerprint density at radius 2 is 1.94 bits per heavy atom. The topological polar surface area (TPSA) is 32.8 Å². The van der Waals surface area contributed by atoms with E-state index in [4.69, 9.17) is 4.74 Å². The smallest absolute Gasteiger partial charge is 0.410 e. The first kappa shape index (κ1) is 13.7. The zero-order valence-electron chi connectivity index (χ0n) is 12.1. The lowest BCUT2D eigenvalue weighted by Crippen LogP contribution is -2.59. The molecule has 0 spiro atoms. The van der Waals surface area contributed by atoms with Crippen molar-refractivity contribution in [1.29, 1.82) is 0 Å². The van der Waals surface area contributed by atoms with E-state index in [1.165, 1.54) is 19.3 Å². The molecule has 4 heteroatoms. The molecule has 18 heavy (non-hydrogen) atoms. The molecule has 2 atom stereocenters. The Balaban J connectivity index is 1.92. The highest BCUT2D eigenvalue weighted by Crippen LogP contribution is 2.26. The summed E-state index contributed by atoms with van der Waals surface area (Å²) in [6, 6.07) is 1.21. The van der Waals surface area contributed by atoms with Crippen LogP contribution in [0.4, 0.5) is 4.79 Å². The number of fused-ring (bicyclic) bond motifs is 1. The van der Waals surface area contributed by atoms with Crippen LogP contribution in [0, 0.1) is 0 Å². The summed E-state index contributed by atoms with van der Waals surface area (Å²) in [6.45, 7) is 10.7. The summed E-state index contributed by atoms with van der Waals surface area (Å²) in [6.07, 6.45) is 3.64. The SMILES string of the molecule is CC1CCCC2CN(C(=O)OC(C)(C)C)CCN12. The van der Waals surface area contributed by atoms with Gasteiger partial charge in [0.2, 0.25) is 0 Å². The molecule has 0 aromatic carbocycles. The average Bonchev–Trinajstić information content (AvgIpc) is 2.26. The molecule has 0 bridgehead atoms. The fourth-order valence-electron chi connectivity index (χ4n) is 3.01. The van der Waals surface area contributed by atoms with Gasteiger partial charge in [-0.1, -0.05) is 6.42 Å². The summed E-state index contributed by atoms with van der Waals surface area (Å²) in [5, 5.41) is 0. The molecule has 2 rings (SSSR count). The van der Waals surface area contributed by atoms with Crippen molar-refractivity contribution in [2.45, 2.75) is 64.6 Å². The number of hydrogen-bond donors (Lipinski definition) is 0. The second-order valence-corrected chi connectivity index (χ2v) is 6.60. The molecule has 2 aliphatic heterocycles. The second kappa shape index (κ2) is 5.08. The summed E-state index contributed by atoms with van der Waals surface area (Å²) in [5.74, 6) is 0. The van der Waals surface area contributed by atoms with Gasteiger partial charge in [0.05, 0.1) is 0 Å². The number of rotatable bonds is 0. The monoisotopic (exact) mass is 254 g/mol. The van der Waals surface area contributed by atoms with Gasteiger partial charge < -0.3 is 9.64 Å². The number of amides is 1. The second-order valence-electron chi connectivity index (χ2n) is 6.60. The maximum absolute atomic E-state index is 12.1. The largest absolute Gasteiger partial charge is 0.444 e. The van der Waals surface area contributed by atoms with Crippen molar-refractivity contribution in [2.24, 2.45) is 0 Å². The van der Waals surface area contributed by atoms with E-state index in [9.17, 15) is 4.79 Å². The van der Waals surface area contributed by atoms with Gasteiger partial charge in [-0.2, -0.15) is 0 Å². The number of nitrogens with zero attached hydrogens (tertiary/aromatic N) is 2. The van der Waals surface area contributed by atoms with Gasteiger partial charge >= 0.3 is 6.09 Å². The van der Waals surface area contributed by atoms with Crippen LogP contribution in [0.2, 0.25) is 0 Å². The predicted molar refractivity (Wildman–Crippen MR) is 71.6 cm³/mol. The fourth-order valence-corrected chi connectivity index (χ4v) is 3.01. The molecule has 2 fully saturated rings. The van der Waals surface area contributed by atoms with Gasteiger partial charge in [-0.05, 0) is 40.5 Å². The Morgan fingerprint density at radius 3 is 2.61 bits per heavy atom. The normalized spacial score (nSPS) is 29.9. The molecule has 2 saturated heterocycles. The van der Waals surface area contributed by atoms with E-state index in [0.29, 0.717) is 12.1 Å². The van der Waals surface area contributed by atoms with Gasteiger partial charge in [0, 0.05) is 31.7 Å². The number of ether oxygens (including phenoxy) is 1. The van der Waals surface area contributed by atoms with Gasteiger partial charge in [-0.3, -0.25) is 4.90 Å².